The summed E-state index contributed by atoms with van der Waals surface area (Å²) in [6.45, 7) is 1.32. The van der Waals surface area contributed by atoms with Gasteiger partial charge in [0.15, 0.2) is 0 Å². The van der Waals surface area contributed by atoms with Crippen molar-refractivity contribution in [2.45, 2.75) is 50.6 Å². The maximum absolute atomic E-state index is 11.6. The van der Waals surface area contributed by atoms with Gasteiger partial charge in [-0.15, -0.1) is 0 Å². The molecule has 16 heavy (non-hydrogen) atoms. The van der Waals surface area contributed by atoms with Crippen molar-refractivity contribution < 1.29 is 15.0 Å². The first-order valence-corrected chi connectivity index (χ1v) is 5.96. The van der Waals surface area contributed by atoms with Crippen LogP contribution in [-0.2, 0) is 0 Å². The van der Waals surface area contributed by atoms with Gasteiger partial charge in [0, 0.05) is 6.04 Å². The molecule has 1 fully saturated rings. The number of hydrogen-bond donors (Lipinski definition) is 4. The highest BCUT2D eigenvalue weighted by Gasteiger charge is 2.29. The van der Waals surface area contributed by atoms with Gasteiger partial charge in [-0.05, 0) is 19.3 Å². The van der Waals surface area contributed by atoms with E-state index in [0.29, 0.717) is 6.42 Å². The second kappa shape index (κ2) is 6.06. The number of nitrogens with one attached hydrogen (secondary N) is 2. The molecule has 0 saturated heterocycles. The Morgan fingerprint density at radius 1 is 1.31 bits per heavy atom. The number of urea groups is 1. The summed E-state index contributed by atoms with van der Waals surface area (Å²) in [7, 11) is 0. The second-order valence-electron chi connectivity index (χ2n) is 4.53. The van der Waals surface area contributed by atoms with Gasteiger partial charge in [0.1, 0.15) is 0 Å². The van der Waals surface area contributed by atoms with Gasteiger partial charge in [0.25, 0.3) is 0 Å². The normalized spacial score (nSPS) is 17.4. The average molecular weight is 230 g/mol. The zero-order valence-electron chi connectivity index (χ0n) is 9.83. The van der Waals surface area contributed by atoms with Crippen LogP contribution in [0.25, 0.3) is 0 Å². The van der Waals surface area contributed by atoms with Crippen LogP contribution in [0.15, 0.2) is 0 Å². The van der Waals surface area contributed by atoms with Crippen LogP contribution < -0.4 is 10.6 Å². The summed E-state index contributed by atoms with van der Waals surface area (Å²) in [5.74, 6) is 0. The molecule has 5 heteroatoms. The van der Waals surface area contributed by atoms with Crippen molar-refractivity contribution in [2.24, 2.45) is 0 Å². The topological polar surface area (TPSA) is 81.6 Å². The highest BCUT2D eigenvalue weighted by molar-refractivity contribution is 5.75. The van der Waals surface area contributed by atoms with E-state index < -0.39 is 5.54 Å². The fourth-order valence-corrected chi connectivity index (χ4v) is 1.97. The van der Waals surface area contributed by atoms with E-state index in [4.69, 9.17) is 0 Å². The molecule has 0 bridgehead atoms. The molecule has 1 aliphatic carbocycles. The van der Waals surface area contributed by atoms with Crippen LogP contribution in [0.2, 0.25) is 0 Å². The predicted octanol–water partition coefficient (Wildman–Crippen LogP) is 0.362. The molecule has 0 aliphatic heterocycles. The molecular formula is C11H22N2O3. The molecule has 1 aliphatic rings. The summed E-state index contributed by atoms with van der Waals surface area (Å²) in [6.07, 6.45) is 4.85. The molecule has 0 aromatic rings. The Hall–Kier alpha value is -0.810. The minimum absolute atomic E-state index is 0.243. The molecule has 0 atom stereocenters. The van der Waals surface area contributed by atoms with Crippen LogP contribution in [0.3, 0.4) is 0 Å². The van der Waals surface area contributed by atoms with Gasteiger partial charge in [-0.3, -0.25) is 0 Å². The lowest BCUT2D eigenvalue weighted by Crippen LogP contribution is -2.57. The summed E-state index contributed by atoms with van der Waals surface area (Å²) in [5, 5.41) is 23.9. The molecule has 0 unspecified atom stereocenters. The van der Waals surface area contributed by atoms with E-state index in [9.17, 15) is 15.0 Å². The Morgan fingerprint density at radius 3 is 2.31 bits per heavy atom. The quantitative estimate of drug-likeness (QED) is 0.550. The molecule has 1 rings (SSSR count). The second-order valence-corrected chi connectivity index (χ2v) is 4.53. The number of aliphatic hydroxyl groups is 2. The summed E-state index contributed by atoms with van der Waals surface area (Å²) >= 11 is 0. The van der Waals surface area contributed by atoms with E-state index >= 15 is 0 Å². The lowest BCUT2D eigenvalue weighted by atomic mass is 9.99. The summed E-state index contributed by atoms with van der Waals surface area (Å²) in [5.41, 5.74) is -0.900. The van der Waals surface area contributed by atoms with Crippen molar-refractivity contribution >= 4 is 6.03 Å². The van der Waals surface area contributed by atoms with Gasteiger partial charge in [-0.2, -0.15) is 0 Å². The number of amides is 2. The molecule has 0 aromatic heterocycles. The predicted molar refractivity (Wildman–Crippen MR) is 61.1 cm³/mol. The average Bonchev–Trinajstić information content (AvgIpc) is 2.79. The van der Waals surface area contributed by atoms with Crippen molar-refractivity contribution in [3.05, 3.63) is 0 Å². The van der Waals surface area contributed by atoms with E-state index in [2.05, 4.69) is 10.6 Å². The number of rotatable bonds is 5. The van der Waals surface area contributed by atoms with Crippen LogP contribution in [0.5, 0.6) is 0 Å². The van der Waals surface area contributed by atoms with E-state index in [-0.39, 0.29) is 25.3 Å². The summed E-state index contributed by atoms with van der Waals surface area (Å²) in [6, 6.07) is -0.0520. The number of aliphatic hydroxyl groups excluding tert-OH is 2. The van der Waals surface area contributed by atoms with E-state index in [1.165, 1.54) is 0 Å². The van der Waals surface area contributed by atoms with Crippen LogP contribution in [0.1, 0.15) is 39.0 Å². The van der Waals surface area contributed by atoms with Crippen LogP contribution >= 0.6 is 0 Å². The maximum Gasteiger partial charge on any atom is 0.315 e. The molecular weight excluding hydrogens is 208 g/mol. The molecule has 0 spiro atoms. The van der Waals surface area contributed by atoms with Crippen molar-refractivity contribution in [1.29, 1.82) is 0 Å². The Kier molecular flexibility index (Phi) is 5.02. The van der Waals surface area contributed by atoms with Crippen molar-refractivity contribution in [3.8, 4) is 0 Å². The first-order valence-electron chi connectivity index (χ1n) is 5.96. The van der Waals surface area contributed by atoms with Crippen LogP contribution in [0, 0.1) is 0 Å². The molecule has 4 N–H and O–H groups in total. The number of carbonyl (C=O) groups excluding carboxylic acids is 1. The Balaban J connectivity index is 2.41. The van der Waals surface area contributed by atoms with E-state index in [1.54, 1.807) is 0 Å². The third kappa shape index (κ3) is 3.35. The number of hydrogen-bond acceptors (Lipinski definition) is 3. The maximum atomic E-state index is 11.6. The van der Waals surface area contributed by atoms with Gasteiger partial charge in [0.2, 0.25) is 0 Å². The van der Waals surface area contributed by atoms with Gasteiger partial charge < -0.3 is 20.8 Å². The lowest BCUT2D eigenvalue weighted by molar-refractivity contribution is 0.0930. The Bertz CT molecular complexity index is 215. The van der Waals surface area contributed by atoms with E-state index in [0.717, 1.165) is 25.7 Å². The molecule has 0 aromatic carbocycles. The van der Waals surface area contributed by atoms with Crippen molar-refractivity contribution in [3.63, 3.8) is 0 Å². The minimum atomic E-state index is -0.900. The Morgan fingerprint density at radius 2 is 1.88 bits per heavy atom. The molecule has 0 heterocycles. The standard InChI is InChI=1S/C11H22N2O3/c1-2-11(7-14,8-15)13-10(16)12-9-5-3-4-6-9/h9,14-15H,2-8H2,1H3,(H2,12,13,16). The molecule has 94 valence electrons. The SMILES string of the molecule is CCC(CO)(CO)NC(=O)NC1CCCC1. The molecule has 1 saturated carbocycles. The third-order valence-corrected chi connectivity index (χ3v) is 3.35. The van der Waals surface area contributed by atoms with Gasteiger partial charge >= 0.3 is 6.03 Å². The molecule has 2 amide bonds. The van der Waals surface area contributed by atoms with Crippen molar-refractivity contribution in [2.75, 3.05) is 13.2 Å². The zero-order chi connectivity index (χ0) is 12.0. The van der Waals surface area contributed by atoms with Crippen LogP contribution in [-0.4, -0.2) is 41.0 Å². The highest BCUT2D eigenvalue weighted by atomic mass is 16.3. The fraction of sp³-hybridized carbons (Fsp3) is 0.909. The van der Waals surface area contributed by atoms with Gasteiger partial charge in [0.05, 0.1) is 18.8 Å². The number of carbonyl (C=O) groups is 1. The van der Waals surface area contributed by atoms with Gasteiger partial charge in [-0.1, -0.05) is 19.8 Å². The third-order valence-electron chi connectivity index (χ3n) is 3.35. The smallest absolute Gasteiger partial charge is 0.315 e. The largest absolute Gasteiger partial charge is 0.394 e. The summed E-state index contributed by atoms with van der Waals surface area (Å²) in [4.78, 5) is 11.6. The first kappa shape index (κ1) is 13.3. The first-order chi connectivity index (χ1) is 7.65. The fourth-order valence-electron chi connectivity index (χ4n) is 1.97. The Labute approximate surface area is 96.2 Å². The lowest BCUT2D eigenvalue weighted by Gasteiger charge is -2.30. The van der Waals surface area contributed by atoms with Gasteiger partial charge in [-0.25, -0.2) is 4.79 Å². The zero-order valence-corrected chi connectivity index (χ0v) is 9.83. The summed E-state index contributed by atoms with van der Waals surface area (Å²) < 4.78 is 0. The molecule has 0 radical (unpaired) electrons. The monoisotopic (exact) mass is 230 g/mol. The van der Waals surface area contributed by atoms with Crippen molar-refractivity contribution in [1.82, 2.24) is 10.6 Å². The molecule has 5 nitrogen and oxygen atoms in total. The van der Waals surface area contributed by atoms with E-state index in [1.807, 2.05) is 6.92 Å². The minimum Gasteiger partial charge on any atom is -0.394 e. The van der Waals surface area contributed by atoms with Crippen LogP contribution in [0.4, 0.5) is 4.79 Å². The highest BCUT2D eigenvalue weighted by Crippen LogP contribution is 2.17.